The van der Waals surface area contributed by atoms with Crippen LogP contribution in [0.4, 0.5) is 0 Å². The van der Waals surface area contributed by atoms with Crippen molar-refractivity contribution < 1.29 is 0 Å². The van der Waals surface area contributed by atoms with Gasteiger partial charge in [0.05, 0.1) is 0 Å². The molecule has 0 aromatic carbocycles. The van der Waals surface area contributed by atoms with Crippen LogP contribution in [-0.4, -0.2) is 13.1 Å². The Morgan fingerprint density at radius 1 is 1.00 bits per heavy atom. The minimum Gasteiger partial charge on any atom is -0.316 e. The highest BCUT2D eigenvalue weighted by Gasteiger charge is 2.82. The van der Waals surface area contributed by atoms with E-state index in [4.69, 9.17) is 0 Å². The van der Waals surface area contributed by atoms with E-state index in [2.05, 4.69) is 19.2 Å². The molecule has 3 rings (SSSR count). The molecule has 1 saturated heterocycles. The van der Waals surface area contributed by atoms with E-state index in [1.807, 2.05) is 0 Å². The molecule has 1 aliphatic heterocycles. The Morgan fingerprint density at radius 2 is 1.75 bits per heavy atom. The molecular formula is C11H19N. The summed E-state index contributed by atoms with van der Waals surface area (Å²) in [6.07, 6.45) is 5.97. The van der Waals surface area contributed by atoms with Crippen LogP contribution in [-0.2, 0) is 0 Å². The van der Waals surface area contributed by atoms with Crippen molar-refractivity contribution in [3.8, 4) is 0 Å². The first-order chi connectivity index (χ1) is 5.66. The maximum atomic E-state index is 3.55. The molecule has 1 N–H and O–H groups in total. The first kappa shape index (κ1) is 7.37. The summed E-state index contributed by atoms with van der Waals surface area (Å²) in [4.78, 5) is 0. The van der Waals surface area contributed by atoms with Crippen LogP contribution in [0.2, 0.25) is 0 Å². The molecule has 2 spiro atoms. The van der Waals surface area contributed by atoms with Gasteiger partial charge in [0.25, 0.3) is 0 Å². The first-order valence-electron chi connectivity index (χ1n) is 5.37. The zero-order valence-corrected chi connectivity index (χ0v) is 8.24. The maximum absolute atomic E-state index is 3.55. The molecular weight excluding hydrogens is 146 g/mol. The van der Waals surface area contributed by atoms with Gasteiger partial charge in [0.15, 0.2) is 0 Å². The van der Waals surface area contributed by atoms with Gasteiger partial charge in [-0.25, -0.2) is 0 Å². The third kappa shape index (κ3) is 0.454. The lowest BCUT2D eigenvalue weighted by Crippen LogP contribution is -2.23. The van der Waals surface area contributed by atoms with Gasteiger partial charge in [-0.3, -0.25) is 0 Å². The molecule has 68 valence electrons. The van der Waals surface area contributed by atoms with Crippen LogP contribution in [0.1, 0.15) is 39.5 Å². The summed E-state index contributed by atoms with van der Waals surface area (Å²) in [7, 11) is 0. The largest absolute Gasteiger partial charge is 0.316 e. The number of nitrogens with one attached hydrogen (secondary N) is 1. The predicted octanol–water partition coefficient (Wildman–Crippen LogP) is 2.18. The molecule has 1 atom stereocenters. The minimum absolute atomic E-state index is 0.655. The van der Waals surface area contributed by atoms with E-state index in [-0.39, 0.29) is 0 Å². The van der Waals surface area contributed by atoms with Gasteiger partial charge in [-0.1, -0.05) is 20.3 Å². The van der Waals surface area contributed by atoms with Gasteiger partial charge in [0.1, 0.15) is 0 Å². The lowest BCUT2D eigenvalue weighted by molar-refractivity contribution is 0.193. The summed E-state index contributed by atoms with van der Waals surface area (Å²) >= 11 is 0. The summed E-state index contributed by atoms with van der Waals surface area (Å²) in [6.45, 7) is 7.57. The SMILES string of the molecule is CC1(C)C2(CCC2)C12CCNC2. The van der Waals surface area contributed by atoms with Crippen LogP contribution in [0.15, 0.2) is 0 Å². The highest BCUT2D eigenvalue weighted by molar-refractivity contribution is 5.31. The number of rotatable bonds is 0. The Morgan fingerprint density at radius 3 is 2.08 bits per heavy atom. The summed E-state index contributed by atoms with van der Waals surface area (Å²) in [5.74, 6) is 0. The predicted molar refractivity (Wildman–Crippen MR) is 50.0 cm³/mol. The molecule has 2 aliphatic carbocycles. The van der Waals surface area contributed by atoms with Crippen molar-refractivity contribution in [2.24, 2.45) is 16.2 Å². The fourth-order valence-corrected chi connectivity index (χ4v) is 4.53. The van der Waals surface area contributed by atoms with Crippen LogP contribution in [0.5, 0.6) is 0 Å². The monoisotopic (exact) mass is 165 g/mol. The topological polar surface area (TPSA) is 12.0 Å². The number of hydrogen-bond acceptors (Lipinski definition) is 1. The van der Waals surface area contributed by atoms with Gasteiger partial charge in [0, 0.05) is 6.54 Å². The standard InChI is InChI=1S/C11H19N/c1-9(2)10(4-3-5-10)11(9)6-7-12-8-11/h12H,3-8H2,1-2H3. The smallest absolute Gasteiger partial charge is 0.00192 e. The van der Waals surface area contributed by atoms with Gasteiger partial charge in [-0.15, -0.1) is 0 Å². The van der Waals surface area contributed by atoms with E-state index in [0.717, 1.165) is 10.8 Å². The maximum Gasteiger partial charge on any atom is 0.00192 e. The molecule has 1 unspecified atom stereocenters. The molecule has 2 saturated carbocycles. The van der Waals surface area contributed by atoms with Crippen molar-refractivity contribution >= 4 is 0 Å². The molecule has 0 aromatic rings. The second-order valence-electron chi connectivity index (χ2n) is 5.57. The van der Waals surface area contributed by atoms with E-state index in [1.54, 1.807) is 0 Å². The van der Waals surface area contributed by atoms with E-state index < -0.39 is 0 Å². The molecule has 12 heavy (non-hydrogen) atoms. The Kier molecular flexibility index (Phi) is 1.07. The molecule has 0 bridgehead atoms. The van der Waals surface area contributed by atoms with Crippen molar-refractivity contribution in [3.63, 3.8) is 0 Å². The summed E-state index contributed by atoms with van der Waals surface area (Å²) < 4.78 is 0. The molecule has 3 fully saturated rings. The summed E-state index contributed by atoms with van der Waals surface area (Å²) in [6, 6.07) is 0. The fourth-order valence-electron chi connectivity index (χ4n) is 4.53. The van der Waals surface area contributed by atoms with Gasteiger partial charge < -0.3 is 5.32 Å². The zero-order chi connectivity index (χ0) is 8.45. The fraction of sp³-hybridized carbons (Fsp3) is 1.00. The van der Waals surface area contributed by atoms with Gasteiger partial charge in [-0.2, -0.15) is 0 Å². The highest BCUT2D eigenvalue weighted by atomic mass is 15.0. The number of hydrogen-bond donors (Lipinski definition) is 1. The summed E-state index contributed by atoms with van der Waals surface area (Å²) in [5, 5.41) is 3.55. The third-order valence-electron chi connectivity index (χ3n) is 5.61. The Labute approximate surface area is 74.9 Å². The van der Waals surface area contributed by atoms with E-state index in [1.165, 1.54) is 38.8 Å². The quantitative estimate of drug-likeness (QED) is 0.580. The van der Waals surface area contributed by atoms with Crippen molar-refractivity contribution in [1.82, 2.24) is 5.32 Å². The van der Waals surface area contributed by atoms with Crippen LogP contribution in [0, 0.1) is 16.2 Å². The van der Waals surface area contributed by atoms with Gasteiger partial charge >= 0.3 is 0 Å². The zero-order valence-electron chi connectivity index (χ0n) is 8.24. The highest BCUT2D eigenvalue weighted by Crippen LogP contribution is 2.87. The molecule has 0 amide bonds. The minimum atomic E-state index is 0.655. The van der Waals surface area contributed by atoms with Crippen molar-refractivity contribution in [2.75, 3.05) is 13.1 Å². The molecule has 1 heterocycles. The lowest BCUT2D eigenvalue weighted by atomic mass is 9.73. The Balaban J connectivity index is 1.98. The number of fused-ring (bicyclic) bond motifs is 1. The second kappa shape index (κ2) is 1.75. The first-order valence-corrected chi connectivity index (χ1v) is 5.37. The van der Waals surface area contributed by atoms with Crippen molar-refractivity contribution in [3.05, 3.63) is 0 Å². The average Bonchev–Trinajstić information content (AvgIpc) is 2.24. The normalized spacial score (nSPS) is 46.5. The van der Waals surface area contributed by atoms with E-state index >= 15 is 0 Å². The molecule has 0 radical (unpaired) electrons. The van der Waals surface area contributed by atoms with Crippen LogP contribution >= 0.6 is 0 Å². The average molecular weight is 165 g/mol. The summed E-state index contributed by atoms with van der Waals surface area (Å²) in [5.41, 5.74) is 2.16. The van der Waals surface area contributed by atoms with E-state index in [9.17, 15) is 0 Å². The third-order valence-corrected chi connectivity index (χ3v) is 5.61. The van der Waals surface area contributed by atoms with Crippen LogP contribution < -0.4 is 5.32 Å². The molecule has 1 heteroatoms. The molecule has 0 aromatic heterocycles. The molecule has 1 nitrogen and oxygen atoms in total. The van der Waals surface area contributed by atoms with Crippen molar-refractivity contribution in [1.29, 1.82) is 0 Å². The van der Waals surface area contributed by atoms with E-state index in [0.29, 0.717) is 5.41 Å². The lowest BCUT2D eigenvalue weighted by Gasteiger charge is -2.31. The van der Waals surface area contributed by atoms with Crippen LogP contribution in [0.3, 0.4) is 0 Å². The van der Waals surface area contributed by atoms with Gasteiger partial charge in [-0.05, 0) is 42.1 Å². The Hall–Kier alpha value is -0.0400. The van der Waals surface area contributed by atoms with Crippen molar-refractivity contribution in [2.45, 2.75) is 39.5 Å². The molecule has 3 aliphatic rings. The van der Waals surface area contributed by atoms with Crippen LogP contribution in [0.25, 0.3) is 0 Å². The Bertz CT molecular complexity index is 219. The van der Waals surface area contributed by atoms with Gasteiger partial charge in [0.2, 0.25) is 0 Å². The second-order valence-corrected chi connectivity index (χ2v) is 5.57.